The van der Waals surface area contributed by atoms with E-state index in [1.807, 2.05) is 12.1 Å². The largest absolute Gasteiger partial charge is 0.383 e. The third kappa shape index (κ3) is 3.05. The fourth-order valence-electron chi connectivity index (χ4n) is 1.03. The number of hydrogen-bond donors (Lipinski definition) is 3. The Hall–Kier alpha value is -1.57. The van der Waals surface area contributed by atoms with E-state index >= 15 is 0 Å². The topological polar surface area (TPSA) is 87.9 Å². The molecule has 4 nitrogen and oxygen atoms in total. The van der Waals surface area contributed by atoms with Crippen LogP contribution >= 0.6 is 0 Å². The highest BCUT2D eigenvalue weighted by Gasteiger charge is 1.99. The summed E-state index contributed by atoms with van der Waals surface area (Å²) < 4.78 is 0. The van der Waals surface area contributed by atoms with Crippen molar-refractivity contribution in [2.45, 2.75) is 6.04 Å². The first-order valence-electron chi connectivity index (χ1n) is 4.46. The van der Waals surface area contributed by atoms with Crippen molar-refractivity contribution in [2.75, 3.05) is 18.4 Å². The van der Waals surface area contributed by atoms with Crippen LogP contribution in [0.15, 0.2) is 24.3 Å². The van der Waals surface area contributed by atoms with E-state index in [9.17, 15) is 0 Å². The quantitative estimate of drug-likeness (QED) is 0.635. The first-order valence-corrected chi connectivity index (χ1v) is 4.46. The maximum Gasteiger partial charge on any atom is 0.0992 e. The van der Waals surface area contributed by atoms with Crippen LogP contribution in [-0.4, -0.2) is 19.1 Å². The second-order valence-corrected chi connectivity index (χ2v) is 3.07. The Bertz CT molecular complexity index is 329. The molecule has 0 aliphatic rings. The minimum absolute atomic E-state index is 0.0549. The first-order chi connectivity index (χ1) is 6.76. The average Bonchev–Trinajstić information content (AvgIpc) is 2.26. The van der Waals surface area contributed by atoms with Crippen LogP contribution in [0.2, 0.25) is 0 Å². The summed E-state index contributed by atoms with van der Waals surface area (Å²) in [5.41, 5.74) is 12.5. The minimum Gasteiger partial charge on any atom is -0.383 e. The van der Waals surface area contributed by atoms with Crippen LogP contribution in [0.5, 0.6) is 0 Å². The fraction of sp³-hybridized carbons (Fsp3) is 0.300. The number of anilines is 1. The number of nitrogens with one attached hydrogen (secondary N) is 1. The van der Waals surface area contributed by atoms with Crippen LogP contribution in [0.1, 0.15) is 5.56 Å². The highest BCUT2D eigenvalue weighted by Crippen LogP contribution is 2.08. The molecule has 74 valence electrons. The Kier molecular flexibility index (Phi) is 3.92. The molecule has 0 fully saturated rings. The minimum atomic E-state index is -0.0549. The van der Waals surface area contributed by atoms with Gasteiger partial charge in [-0.15, -0.1) is 0 Å². The summed E-state index contributed by atoms with van der Waals surface area (Å²) in [4.78, 5) is 0. The second-order valence-electron chi connectivity index (χ2n) is 3.07. The van der Waals surface area contributed by atoms with Gasteiger partial charge in [-0.3, -0.25) is 0 Å². The van der Waals surface area contributed by atoms with Crippen molar-refractivity contribution in [3.8, 4) is 6.07 Å². The van der Waals surface area contributed by atoms with E-state index in [1.54, 1.807) is 12.1 Å². The smallest absolute Gasteiger partial charge is 0.0992 e. The van der Waals surface area contributed by atoms with Crippen LogP contribution < -0.4 is 16.8 Å². The lowest BCUT2D eigenvalue weighted by Crippen LogP contribution is -2.36. The number of hydrogen-bond acceptors (Lipinski definition) is 4. The summed E-state index contributed by atoms with van der Waals surface area (Å²) >= 11 is 0. The van der Waals surface area contributed by atoms with Crippen molar-refractivity contribution in [1.29, 1.82) is 5.26 Å². The molecule has 0 radical (unpaired) electrons. The molecule has 14 heavy (non-hydrogen) atoms. The normalized spacial score (nSPS) is 11.8. The van der Waals surface area contributed by atoms with Crippen LogP contribution in [0.4, 0.5) is 5.69 Å². The van der Waals surface area contributed by atoms with Crippen LogP contribution in [0, 0.1) is 11.3 Å². The Morgan fingerprint density at radius 1 is 1.50 bits per heavy atom. The molecule has 5 N–H and O–H groups in total. The second kappa shape index (κ2) is 5.22. The molecule has 0 bridgehead atoms. The number of nitrogens with two attached hydrogens (primary N) is 2. The molecule has 0 heterocycles. The summed E-state index contributed by atoms with van der Waals surface area (Å²) in [5, 5.41) is 11.8. The van der Waals surface area contributed by atoms with Gasteiger partial charge in [-0.25, -0.2) is 0 Å². The van der Waals surface area contributed by atoms with Gasteiger partial charge in [-0.05, 0) is 18.2 Å². The van der Waals surface area contributed by atoms with Gasteiger partial charge in [-0.1, -0.05) is 6.07 Å². The number of nitrogens with zero attached hydrogens (tertiary/aromatic N) is 1. The molecular formula is C10H14N4. The van der Waals surface area contributed by atoms with Crippen LogP contribution in [0.25, 0.3) is 0 Å². The number of benzene rings is 1. The number of rotatable bonds is 4. The van der Waals surface area contributed by atoms with Gasteiger partial charge in [0.1, 0.15) is 0 Å². The van der Waals surface area contributed by atoms with E-state index in [1.165, 1.54) is 0 Å². The van der Waals surface area contributed by atoms with Gasteiger partial charge in [-0.2, -0.15) is 5.26 Å². The Balaban J connectivity index is 2.55. The van der Waals surface area contributed by atoms with Crippen molar-refractivity contribution in [3.63, 3.8) is 0 Å². The van der Waals surface area contributed by atoms with Crippen molar-refractivity contribution in [3.05, 3.63) is 29.8 Å². The van der Waals surface area contributed by atoms with Gasteiger partial charge in [0.2, 0.25) is 0 Å². The SMILES string of the molecule is N#Cc1cccc(NCC(N)CN)c1. The molecular weight excluding hydrogens is 176 g/mol. The van der Waals surface area contributed by atoms with Crippen LogP contribution in [-0.2, 0) is 0 Å². The lowest BCUT2D eigenvalue weighted by atomic mass is 10.2. The van der Waals surface area contributed by atoms with E-state index in [0.29, 0.717) is 18.7 Å². The van der Waals surface area contributed by atoms with E-state index in [-0.39, 0.29) is 6.04 Å². The van der Waals surface area contributed by atoms with Crippen molar-refractivity contribution >= 4 is 5.69 Å². The van der Waals surface area contributed by atoms with E-state index in [2.05, 4.69) is 11.4 Å². The number of nitriles is 1. The van der Waals surface area contributed by atoms with Gasteiger partial charge >= 0.3 is 0 Å². The van der Waals surface area contributed by atoms with Gasteiger partial charge in [0, 0.05) is 24.8 Å². The molecule has 0 spiro atoms. The molecule has 1 aromatic rings. The predicted molar refractivity (Wildman–Crippen MR) is 56.7 cm³/mol. The van der Waals surface area contributed by atoms with Crippen molar-refractivity contribution in [2.24, 2.45) is 11.5 Å². The standard InChI is InChI=1S/C10H14N4/c11-5-8-2-1-3-10(4-8)14-7-9(13)6-12/h1-4,9,14H,6-7,12-13H2. The Labute approximate surface area is 83.5 Å². The third-order valence-corrected chi connectivity index (χ3v) is 1.86. The van der Waals surface area contributed by atoms with E-state index in [4.69, 9.17) is 16.7 Å². The summed E-state index contributed by atoms with van der Waals surface area (Å²) in [5.74, 6) is 0. The first kappa shape index (κ1) is 10.5. The predicted octanol–water partition coefficient (Wildman–Crippen LogP) is 0.256. The molecule has 1 rings (SSSR count). The van der Waals surface area contributed by atoms with Crippen LogP contribution in [0.3, 0.4) is 0 Å². The van der Waals surface area contributed by atoms with Crippen molar-refractivity contribution < 1.29 is 0 Å². The molecule has 4 heteroatoms. The van der Waals surface area contributed by atoms with Crippen molar-refractivity contribution in [1.82, 2.24) is 0 Å². The summed E-state index contributed by atoms with van der Waals surface area (Å²) in [6.45, 7) is 1.07. The summed E-state index contributed by atoms with van der Waals surface area (Å²) in [6, 6.07) is 9.28. The Morgan fingerprint density at radius 3 is 2.93 bits per heavy atom. The molecule has 0 saturated heterocycles. The molecule has 1 atom stereocenters. The molecule has 0 aromatic heterocycles. The van der Waals surface area contributed by atoms with E-state index < -0.39 is 0 Å². The lowest BCUT2D eigenvalue weighted by molar-refractivity contribution is 0.713. The molecule has 0 aliphatic carbocycles. The van der Waals surface area contributed by atoms with Gasteiger partial charge in [0.05, 0.1) is 11.6 Å². The maximum absolute atomic E-state index is 8.66. The average molecular weight is 190 g/mol. The zero-order valence-corrected chi connectivity index (χ0v) is 7.90. The molecule has 1 aromatic carbocycles. The fourth-order valence-corrected chi connectivity index (χ4v) is 1.03. The van der Waals surface area contributed by atoms with Gasteiger partial charge in [0.15, 0.2) is 0 Å². The monoisotopic (exact) mass is 190 g/mol. The zero-order chi connectivity index (χ0) is 10.4. The molecule has 0 amide bonds. The third-order valence-electron chi connectivity index (χ3n) is 1.86. The summed E-state index contributed by atoms with van der Waals surface area (Å²) in [7, 11) is 0. The van der Waals surface area contributed by atoms with E-state index in [0.717, 1.165) is 5.69 Å². The molecule has 0 saturated carbocycles. The lowest BCUT2D eigenvalue weighted by Gasteiger charge is -2.11. The summed E-state index contributed by atoms with van der Waals surface area (Å²) in [6.07, 6.45) is 0. The van der Waals surface area contributed by atoms with Gasteiger partial charge in [0.25, 0.3) is 0 Å². The highest BCUT2D eigenvalue weighted by atomic mass is 14.9. The highest BCUT2D eigenvalue weighted by molar-refractivity contribution is 5.49. The molecule has 0 aliphatic heterocycles. The maximum atomic E-state index is 8.66. The zero-order valence-electron chi connectivity index (χ0n) is 7.90. The Morgan fingerprint density at radius 2 is 2.29 bits per heavy atom. The molecule has 1 unspecified atom stereocenters. The van der Waals surface area contributed by atoms with Gasteiger partial charge < -0.3 is 16.8 Å².